The molecule has 3 N–H and O–H groups in total. The summed E-state index contributed by atoms with van der Waals surface area (Å²) in [6, 6.07) is 7.07. The predicted molar refractivity (Wildman–Crippen MR) is 126 cm³/mol. The first kappa shape index (κ1) is 26.0. The number of aliphatic hydroxyl groups is 1. The van der Waals surface area contributed by atoms with E-state index in [1.807, 2.05) is 0 Å². The molecule has 1 fully saturated rings. The topological polar surface area (TPSA) is 96.9 Å². The largest absolute Gasteiger partial charge is 0.494 e. The molecule has 0 aromatic heterocycles. The van der Waals surface area contributed by atoms with E-state index in [0.29, 0.717) is 12.3 Å². The van der Waals surface area contributed by atoms with Crippen LogP contribution in [0.15, 0.2) is 24.3 Å². The molecule has 0 aliphatic heterocycles. The number of aliphatic hydroxyl groups excluding tert-OH is 1. The minimum absolute atomic E-state index is 0.540. The average molecular weight is 449 g/mol. The third-order valence-electron chi connectivity index (χ3n) is 5.71. The predicted octanol–water partition coefficient (Wildman–Crippen LogP) is 5.03. The van der Waals surface area contributed by atoms with Gasteiger partial charge < -0.3 is 25.2 Å². The Labute approximate surface area is 192 Å². The van der Waals surface area contributed by atoms with Gasteiger partial charge in [0, 0.05) is 5.69 Å². The highest BCUT2D eigenvalue weighted by Gasteiger charge is 2.36. The molecule has 32 heavy (non-hydrogen) atoms. The maximum Gasteiger partial charge on any atom is 0.408 e. The van der Waals surface area contributed by atoms with Gasteiger partial charge in [-0.25, -0.2) is 4.79 Å². The number of rotatable bonds is 10. The molecule has 7 heteroatoms. The summed E-state index contributed by atoms with van der Waals surface area (Å²) in [5, 5.41) is 14.9. The third-order valence-corrected chi connectivity index (χ3v) is 5.71. The van der Waals surface area contributed by atoms with Crippen molar-refractivity contribution in [3.63, 3.8) is 0 Å². The Balaban J connectivity index is 1.76. The second-order valence-corrected chi connectivity index (χ2v) is 9.94. The van der Waals surface area contributed by atoms with E-state index in [0.717, 1.165) is 18.1 Å². The van der Waals surface area contributed by atoms with Crippen molar-refractivity contribution >= 4 is 17.7 Å². The second kappa shape index (κ2) is 12.1. The summed E-state index contributed by atoms with van der Waals surface area (Å²) < 4.78 is 11.0. The zero-order chi connectivity index (χ0) is 23.6. The van der Waals surface area contributed by atoms with Crippen LogP contribution >= 0.6 is 0 Å². The van der Waals surface area contributed by atoms with Crippen LogP contribution in [0.2, 0.25) is 0 Å². The first-order valence-electron chi connectivity index (χ1n) is 11.8. The highest BCUT2D eigenvalue weighted by atomic mass is 16.6. The van der Waals surface area contributed by atoms with Crippen LogP contribution in [-0.4, -0.2) is 41.5 Å². The van der Waals surface area contributed by atoms with Crippen LogP contribution in [0, 0.1) is 5.92 Å². The molecule has 0 heterocycles. The normalized spacial score (nSPS) is 16.7. The summed E-state index contributed by atoms with van der Waals surface area (Å²) in [4.78, 5) is 24.7. The molecule has 1 aromatic rings. The minimum Gasteiger partial charge on any atom is -0.494 e. The monoisotopic (exact) mass is 448 g/mol. The quantitative estimate of drug-likeness (QED) is 0.436. The summed E-state index contributed by atoms with van der Waals surface area (Å²) in [7, 11) is 0. The van der Waals surface area contributed by atoms with Gasteiger partial charge in [0.25, 0.3) is 5.91 Å². The number of carbonyl (C=O) groups is 2. The Morgan fingerprint density at radius 3 is 2.28 bits per heavy atom. The van der Waals surface area contributed by atoms with Gasteiger partial charge in [0.1, 0.15) is 16.9 Å². The molecule has 2 amide bonds. The Morgan fingerprint density at radius 2 is 1.69 bits per heavy atom. The minimum atomic E-state index is -1.52. The maximum absolute atomic E-state index is 12.7. The molecule has 1 aliphatic rings. The van der Waals surface area contributed by atoms with E-state index in [1.54, 1.807) is 45.0 Å². The van der Waals surface area contributed by atoms with Gasteiger partial charge in [0.05, 0.1) is 13.2 Å². The number of carbonyl (C=O) groups excluding carboxylic acids is 2. The van der Waals surface area contributed by atoms with Gasteiger partial charge in [-0.3, -0.25) is 4.79 Å². The van der Waals surface area contributed by atoms with Crippen molar-refractivity contribution in [2.75, 3.05) is 18.5 Å². The molecule has 0 spiro atoms. The van der Waals surface area contributed by atoms with Gasteiger partial charge in [-0.1, -0.05) is 38.5 Å². The van der Waals surface area contributed by atoms with Gasteiger partial charge in [0.15, 0.2) is 0 Å². The number of alkyl carbamates (subject to hydrolysis) is 1. The van der Waals surface area contributed by atoms with Crippen molar-refractivity contribution in [2.24, 2.45) is 5.92 Å². The Kier molecular flexibility index (Phi) is 9.82. The molecular formula is C25H40N2O5. The molecule has 0 saturated heterocycles. The van der Waals surface area contributed by atoms with Crippen LogP contribution < -0.4 is 15.4 Å². The molecule has 1 aromatic carbocycles. The standard InChI is InChI=1S/C25H40N2O5/c1-24(2,3)32-23(30)27-25(4,18-28)22(29)26-20-13-15-21(16-14-20)31-17-9-8-12-19-10-6-5-7-11-19/h13-16,19,28H,5-12,17-18H2,1-4H3,(H,26,29)(H,27,30). The fourth-order valence-corrected chi connectivity index (χ4v) is 3.80. The lowest BCUT2D eigenvalue weighted by Gasteiger charge is -2.29. The van der Waals surface area contributed by atoms with Gasteiger partial charge in [-0.2, -0.15) is 0 Å². The molecule has 0 radical (unpaired) electrons. The number of anilines is 1. The molecule has 1 atom stereocenters. The van der Waals surface area contributed by atoms with Crippen molar-refractivity contribution in [1.82, 2.24) is 5.32 Å². The van der Waals surface area contributed by atoms with Crippen LogP contribution in [0.5, 0.6) is 5.75 Å². The molecule has 2 rings (SSSR count). The smallest absolute Gasteiger partial charge is 0.408 e. The van der Waals surface area contributed by atoms with E-state index in [4.69, 9.17) is 9.47 Å². The van der Waals surface area contributed by atoms with E-state index in [9.17, 15) is 14.7 Å². The number of benzene rings is 1. The lowest BCUT2D eigenvalue weighted by atomic mass is 9.86. The van der Waals surface area contributed by atoms with Crippen molar-refractivity contribution < 1.29 is 24.2 Å². The maximum atomic E-state index is 12.7. The van der Waals surface area contributed by atoms with Gasteiger partial charge >= 0.3 is 6.09 Å². The van der Waals surface area contributed by atoms with E-state index in [2.05, 4.69) is 10.6 Å². The molecule has 1 aliphatic carbocycles. The SMILES string of the molecule is CC(C)(C)OC(=O)NC(C)(CO)C(=O)Nc1ccc(OCCCCC2CCCCC2)cc1. The first-order valence-corrected chi connectivity index (χ1v) is 11.8. The van der Waals surface area contributed by atoms with Crippen LogP contribution in [0.25, 0.3) is 0 Å². The van der Waals surface area contributed by atoms with Gasteiger partial charge in [-0.05, 0) is 70.7 Å². The molecule has 1 saturated carbocycles. The lowest BCUT2D eigenvalue weighted by molar-refractivity contribution is -0.123. The fraction of sp³-hybridized carbons (Fsp3) is 0.680. The van der Waals surface area contributed by atoms with Crippen LogP contribution in [0.3, 0.4) is 0 Å². The Bertz CT molecular complexity index is 723. The Hall–Kier alpha value is -2.28. The van der Waals surface area contributed by atoms with Crippen molar-refractivity contribution in [2.45, 2.75) is 90.2 Å². The summed E-state index contributed by atoms with van der Waals surface area (Å²) >= 11 is 0. The van der Waals surface area contributed by atoms with E-state index in [-0.39, 0.29) is 0 Å². The highest BCUT2D eigenvalue weighted by molar-refractivity contribution is 5.99. The number of hydrogen-bond acceptors (Lipinski definition) is 5. The zero-order valence-electron chi connectivity index (χ0n) is 20.0. The van der Waals surface area contributed by atoms with Crippen molar-refractivity contribution in [1.29, 1.82) is 0 Å². The summed E-state index contributed by atoms with van der Waals surface area (Å²) in [6.45, 7) is 6.73. The van der Waals surface area contributed by atoms with Crippen molar-refractivity contribution in [3.8, 4) is 5.75 Å². The van der Waals surface area contributed by atoms with E-state index < -0.39 is 29.7 Å². The number of nitrogens with one attached hydrogen (secondary N) is 2. The number of unbranched alkanes of at least 4 members (excludes halogenated alkanes) is 1. The van der Waals surface area contributed by atoms with Crippen LogP contribution in [0.4, 0.5) is 10.5 Å². The summed E-state index contributed by atoms with van der Waals surface area (Å²) in [5.74, 6) is 1.11. The van der Waals surface area contributed by atoms with Crippen molar-refractivity contribution in [3.05, 3.63) is 24.3 Å². The molecule has 0 bridgehead atoms. The van der Waals surface area contributed by atoms with Crippen LogP contribution in [0.1, 0.15) is 79.1 Å². The van der Waals surface area contributed by atoms with Crippen LogP contribution in [-0.2, 0) is 9.53 Å². The van der Waals surface area contributed by atoms with E-state index >= 15 is 0 Å². The van der Waals surface area contributed by atoms with E-state index in [1.165, 1.54) is 51.9 Å². The second-order valence-electron chi connectivity index (χ2n) is 9.94. The molecule has 180 valence electrons. The summed E-state index contributed by atoms with van der Waals surface area (Å²) in [6.07, 6.45) is 9.72. The fourth-order valence-electron chi connectivity index (χ4n) is 3.80. The summed E-state index contributed by atoms with van der Waals surface area (Å²) in [5.41, 5.74) is -1.68. The molecule has 1 unspecified atom stereocenters. The number of hydrogen-bond donors (Lipinski definition) is 3. The van der Waals surface area contributed by atoms with Gasteiger partial charge in [0.2, 0.25) is 0 Å². The molecule has 7 nitrogen and oxygen atoms in total. The lowest BCUT2D eigenvalue weighted by Crippen LogP contribution is -2.58. The number of ether oxygens (including phenoxy) is 2. The Morgan fingerprint density at radius 1 is 1.03 bits per heavy atom. The average Bonchev–Trinajstić information content (AvgIpc) is 2.74. The zero-order valence-corrected chi connectivity index (χ0v) is 20.0. The van der Waals surface area contributed by atoms with Gasteiger partial charge in [-0.15, -0.1) is 0 Å². The molecular weight excluding hydrogens is 408 g/mol. The number of amides is 2. The first-order chi connectivity index (χ1) is 15.1. The highest BCUT2D eigenvalue weighted by Crippen LogP contribution is 2.27. The third kappa shape index (κ3) is 9.07.